The fourth-order valence-electron chi connectivity index (χ4n) is 2.19. The van der Waals surface area contributed by atoms with E-state index >= 15 is 0 Å². The molecule has 0 aromatic carbocycles. The highest BCUT2D eigenvalue weighted by molar-refractivity contribution is 4.87. The largest absolute Gasteiger partial charge is 0.390 e. The molecule has 3 nitrogen and oxygen atoms in total. The van der Waals surface area contributed by atoms with Crippen molar-refractivity contribution in [3.8, 4) is 0 Å². The van der Waals surface area contributed by atoms with Crippen molar-refractivity contribution >= 4 is 0 Å². The highest BCUT2D eigenvalue weighted by Gasteiger charge is 2.33. The summed E-state index contributed by atoms with van der Waals surface area (Å²) in [7, 11) is 0. The van der Waals surface area contributed by atoms with Gasteiger partial charge in [-0.05, 0) is 19.4 Å². The average Bonchev–Trinajstić information content (AvgIpc) is 2.53. The van der Waals surface area contributed by atoms with Gasteiger partial charge in [-0.2, -0.15) is 0 Å². The van der Waals surface area contributed by atoms with Gasteiger partial charge in [0.2, 0.25) is 0 Å². The van der Waals surface area contributed by atoms with Crippen molar-refractivity contribution in [2.75, 3.05) is 19.8 Å². The molecule has 3 atom stereocenters. The minimum absolute atomic E-state index is 0.236. The molecule has 0 bridgehead atoms. The Balaban J connectivity index is 1.89. The van der Waals surface area contributed by atoms with Crippen molar-refractivity contribution in [2.24, 2.45) is 5.92 Å². The third-order valence-corrected chi connectivity index (χ3v) is 2.96. The van der Waals surface area contributed by atoms with Crippen molar-refractivity contribution in [2.45, 2.75) is 31.4 Å². The van der Waals surface area contributed by atoms with Crippen molar-refractivity contribution in [3.63, 3.8) is 0 Å². The molecule has 0 aromatic heterocycles. The Hall–Kier alpha value is -0.120. The van der Waals surface area contributed by atoms with E-state index in [1.165, 1.54) is 19.3 Å². The molecule has 2 aliphatic heterocycles. The molecule has 12 heavy (non-hydrogen) atoms. The average molecular weight is 171 g/mol. The summed E-state index contributed by atoms with van der Waals surface area (Å²) in [6.07, 6.45) is 3.53. The summed E-state index contributed by atoms with van der Waals surface area (Å²) in [5.41, 5.74) is 0. The molecule has 2 aliphatic rings. The maximum Gasteiger partial charge on any atom is 0.0838 e. The summed E-state index contributed by atoms with van der Waals surface area (Å²) in [5, 5.41) is 13.0. The lowest BCUT2D eigenvalue weighted by molar-refractivity contribution is 0.106. The van der Waals surface area contributed by atoms with Crippen LogP contribution in [0.3, 0.4) is 0 Å². The van der Waals surface area contributed by atoms with Crippen LogP contribution < -0.4 is 5.32 Å². The number of rotatable bonds is 1. The van der Waals surface area contributed by atoms with E-state index in [1.54, 1.807) is 0 Å². The SMILES string of the molecule is O[C@@H]1COC[C@H]1C1CCCCN1. The summed E-state index contributed by atoms with van der Waals surface area (Å²) in [6, 6.07) is 0.497. The molecule has 0 aliphatic carbocycles. The minimum Gasteiger partial charge on any atom is -0.390 e. The number of aliphatic hydroxyl groups excluding tert-OH is 1. The summed E-state index contributed by atoms with van der Waals surface area (Å²) in [4.78, 5) is 0. The van der Waals surface area contributed by atoms with Gasteiger partial charge in [0.25, 0.3) is 0 Å². The highest BCUT2D eigenvalue weighted by atomic mass is 16.5. The summed E-state index contributed by atoms with van der Waals surface area (Å²) < 4.78 is 5.23. The second-order valence-corrected chi connectivity index (χ2v) is 3.83. The number of aliphatic hydroxyl groups is 1. The fraction of sp³-hybridized carbons (Fsp3) is 1.00. The van der Waals surface area contributed by atoms with Gasteiger partial charge in [-0.25, -0.2) is 0 Å². The Morgan fingerprint density at radius 3 is 2.75 bits per heavy atom. The van der Waals surface area contributed by atoms with E-state index in [0.29, 0.717) is 18.6 Å². The van der Waals surface area contributed by atoms with E-state index < -0.39 is 0 Å². The second-order valence-electron chi connectivity index (χ2n) is 3.83. The van der Waals surface area contributed by atoms with Crippen LogP contribution in [0.1, 0.15) is 19.3 Å². The topological polar surface area (TPSA) is 41.5 Å². The molecule has 2 N–H and O–H groups in total. The quantitative estimate of drug-likeness (QED) is 0.589. The lowest BCUT2D eigenvalue weighted by Crippen LogP contribution is -2.44. The number of hydrogen-bond acceptors (Lipinski definition) is 3. The minimum atomic E-state index is -0.236. The van der Waals surface area contributed by atoms with Crippen LogP contribution in [0.4, 0.5) is 0 Å². The Bertz CT molecular complexity index is 145. The van der Waals surface area contributed by atoms with E-state index in [-0.39, 0.29) is 6.10 Å². The first-order valence-electron chi connectivity index (χ1n) is 4.87. The maximum absolute atomic E-state index is 9.58. The van der Waals surface area contributed by atoms with Crippen molar-refractivity contribution in [3.05, 3.63) is 0 Å². The summed E-state index contributed by atoms with van der Waals surface area (Å²) in [5.74, 6) is 0.338. The number of hydrogen-bond donors (Lipinski definition) is 2. The smallest absolute Gasteiger partial charge is 0.0838 e. The van der Waals surface area contributed by atoms with Gasteiger partial charge < -0.3 is 15.2 Å². The lowest BCUT2D eigenvalue weighted by atomic mass is 9.90. The van der Waals surface area contributed by atoms with Crippen LogP contribution >= 0.6 is 0 Å². The first-order chi connectivity index (χ1) is 5.88. The summed E-state index contributed by atoms with van der Waals surface area (Å²) >= 11 is 0. The standard InChI is InChI=1S/C9H17NO2/c11-9-6-12-5-7(9)8-3-1-2-4-10-8/h7-11H,1-6H2/t7-,8?,9+/m0/s1. The third kappa shape index (κ3) is 1.63. The zero-order valence-corrected chi connectivity index (χ0v) is 7.33. The van der Waals surface area contributed by atoms with Crippen LogP contribution in [-0.4, -0.2) is 37.0 Å². The molecule has 70 valence electrons. The van der Waals surface area contributed by atoms with Gasteiger partial charge in [0, 0.05) is 12.0 Å². The molecular formula is C9H17NO2. The molecule has 3 heteroatoms. The molecular weight excluding hydrogens is 154 g/mol. The van der Waals surface area contributed by atoms with Crippen LogP contribution in [0.2, 0.25) is 0 Å². The van der Waals surface area contributed by atoms with E-state index in [2.05, 4.69) is 5.32 Å². The van der Waals surface area contributed by atoms with Gasteiger partial charge in [-0.15, -0.1) is 0 Å². The van der Waals surface area contributed by atoms with Crippen molar-refractivity contribution in [1.82, 2.24) is 5.32 Å². The highest BCUT2D eigenvalue weighted by Crippen LogP contribution is 2.23. The molecule has 2 fully saturated rings. The Morgan fingerprint density at radius 1 is 1.25 bits per heavy atom. The van der Waals surface area contributed by atoms with Crippen LogP contribution in [0.5, 0.6) is 0 Å². The van der Waals surface area contributed by atoms with E-state index in [9.17, 15) is 5.11 Å². The fourth-order valence-corrected chi connectivity index (χ4v) is 2.19. The summed E-state index contributed by atoms with van der Waals surface area (Å²) in [6.45, 7) is 2.37. The Kier molecular flexibility index (Phi) is 2.63. The molecule has 0 saturated carbocycles. The maximum atomic E-state index is 9.58. The number of nitrogens with one attached hydrogen (secondary N) is 1. The van der Waals surface area contributed by atoms with Gasteiger partial charge in [0.15, 0.2) is 0 Å². The molecule has 0 aromatic rings. The van der Waals surface area contributed by atoms with Crippen molar-refractivity contribution in [1.29, 1.82) is 0 Å². The Labute approximate surface area is 73.1 Å². The van der Waals surface area contributed by atoms with E-state index in [4.69, 9.17) is 4.74 Å². The zero-order valence-electron chi connectivity index (χ0n) is 7.33. The van der Waals surface area contributed by atoms with Gasteiger partial charge in [0.1, 0.15) is 0 Å². The first-order valence-corrected chi connectivity index (χ1v) is 4.87. The monoisotopic (exact) mass is 171 g/mol. The third-order valence-electron chi connectivity index (χ3n) is 2.96. The molecule has 0 radical (unpaired) electrons. The van der Waals surface area contributed by atoms with Gasteiger partial charge >= 0.3 is 0 Å². The molecule has 0 amide bonds. The van der Waals surface area contributed by atoms with Gasteiger partial charge in [-0.3, -0.25) is 0 Å². The second kappa shape index (κ2) is 3.73. The van der Waals surface area contributed by atoms with Crippen LogP contribution in [-0.2, 0) is 4.74 Å². The molecule has 2 heterocycles. The lowest BCUT2D eigenvalue weighted by Gasteiger charge is -2.29. The van der Waals surface area contributed by atoms with Crippen molar-refractivity contribution < 1.29 is 9.84 Å². The van der Waals surface area contributed by atoms with E-state index in [0.717, 1.165) is 13.2 Å². The normalized spacial score (nSPS) is 43.2. The molecule has 0 spiro atoms. The first kappa shape index (κ1) is 8.48. The van der Waals surface area contributed by atoms with E-state index in [1.807, 2.05) is 0 Å². The number of piperidine rings is 1. The molecule has 1 unspecified atom stereocenters. The van der Waals surface area contributed by atoms with Gasteiger partial charge in [0.05, 0.1) is 19.3 Å². The van der Waals surface area contributed by atoms with Gasteiger partial charge in [-0.1, -0.05) is 6.42 Å². The predicted octanol–water partition coefficient (Wildman–Crippen LogP) is 0.136. The van der Waals surface area contributed by atoms with Crippen LogP contribution in [0, 0.1) is 5.92 Å². The van der Waals surface area contributed by atoms with Crippen LogP contribution in [0.15, 0.2) is 0 Å². The number of ether oxygens (including phenoxy) is 1. The predicted molar refractivity (Wildman–Crippen MR) is 46.0 cm³/mol. The Morgan fingerprint density at radius 2 is 2.17 bits per heavy atom. The van der Waals surface area contributed by atoms with Crippen LogP contribution in [0.25, 0.3) is 0 Å². The zero-order chi connectivity index (χ0) is 8.39. The molecule has 2 rings (SSSR count). The molecule has 2 saturated heterocycles.